The molecule has 0 heterocycles. The summed E-state index contributed by atoms with van der Waals surface area (Å²) in [7, 11) is -3.53. The quantitative estimate of drug-likeness (QED) is 0.935. The average Bonchev–Trinajstić information content (AvgIpc) is 2.39. The lowest BCUT2D eigenvalue weighted by atomic mass is 10.2. The molecule has 0 aliphatic rings. The van der Waals surface area contributed by atoms with Crippen molar-refractivity contribution >= 4 is 10.0 Å². The lowest BCUT2D eigenvalue weighted by Crippen LogP contribution is -2.23. The van der Waals surface area contributed by atoms with Gasteiger partial charge in [-0.2, -0.15) is 0 Å². The maximum atomic E-state index is 12.7. The van der Waals surface area contributed by atoms with Crippen molar-refractivity contribution in [2.45, 2.75) is 18.4 Å². The van der Waals surface area contributed by atoms with E-state index in [1.54, 1.807) is 36.4 Å². The molecule has 0 unspecified atom stereocenters. The van der Waals surface area contributed by atoms with Gasteiger partial charge >= 0.3 is 0 Å². The van der Waals surface area contributed by atoms with Crippen LogP contribution in [0.5, 0.6) is 0 Å². The molecule has 0 atom stereocenters. The van der Waals surface area contributed by atoms with E-state index >= 15 is 0 Å². The fourth-order valence-corrected chi connectivity index (χ4v) is 2.60. The summed E-state index contributed by atoms with van der Waals surface area (Å²) in [6.45, 7) is 2.03. The van der Waals surface area contributed by atoms with Crippen molar-refractivity contribution in [2.75, 3.05) is 0 Å². The van der Waals surface area contributed by atoms with Crippen molar-refractivity contribution in [3.8, 4) is 0 Å². The van der Waals surface area contributed by atoms with Crippen LogP contribution in [0.1, 0.15) is 11.1 Å². The second kappa shape index (κ2) is 5.50. The van der Waals surface area contributed by atoms with Crippen LogP contribution >= 0.6 is 0 Å². The zero-order valence-electron chi connectivity index (χ0n) is 10.4. The highest BCUT2D eigenvalue weighted by Gasteiger charge is 2.12. The van der Waals surface area contributed by atoms with Crippen molar-refractivity contribution in [3.05, 3.63) is 65.5 Å². The van der Waals surface area contributed by atoms with Gasteiger partial charge in [-0.3, -0.25) is 0 Å². The van der Waals surface area contributed by atoms with Gasteiger partial charge < -0.3 is 0 Å². The van der Waals surface area contributed by atoms with E-state index in [1.165, 1.54) is 12.1 Å². The molecule has 0 saturated carbocycles. The molecular weight excluding hydrogens is 265 g/mol. The molecule has 0 aromatic heterocycles. The first-order chi connectivity index (χ1) is 8.97. The second-order valence-electron chi connectivity index (χ2n) is 4.26. The first kappa shape index (κ1) is 13.7. The van der Waals surface area contributed by atoms with Gasteiger partial charge in [-0.1, -0.05) is 29.8 Å². The molecule has 1 N–H and O–H groups in total. The average molecular weight is 279 g/mol. The number of nitrogens with one attached hydrogen (secondary N) is 1. The van der Waals surface area contributed by atoms with Gasteiger partial charge in [-0.15, -0.1) is 0 Å². The fourth-order valence-electron chi connectivity index (χ4n) is 1.58. The summed E-state index contributed by atoms with van der Waals surface area (Å²) < 4.78 is 39.2. The molecule has 5 heteroatoms. The summed E-state index contributed by atoms with van der Waals surface area (Å²) in [4.78, 5) is 0.222. The van der Waals surface area contributed by atoms with Crippen molar-refractivity contribution in [2.24, 2.45) is 0 Å². The van der Waals surface area contributed by atoms with Crippen LogP contribution in [-0.4, -0.2) is 8.42 Å². The van der Waals surface area contributed by atoms with E-state index in [-0.39, 0.29) is 17.3 Å². The molecule has 0 radical (unpaired) electrons. The highest BCUT2D eigenvalue weighted by Crippen LogP contribution is 2.11. The molecule has 0 fully saturated rings. The third-order valence-electron chi connectivity index (χ3n) is 2.71. The molecule has 0 spiro atoms. The predicted molar refractivity (Wildman–Crippen MR) is 71.6 cm³/mol. The zero-order chi connectivity index (χ0) is 13.9. The summed E-state index contributed by atoms with van der Waals surface area (Å²) in [5, 5.41) is 0. The summed E-state index contributed by atoms with van der Waals surface area (Å²) in [5.41, 5.74) is 1.70. The van der Waals surface area contributed by atoms with Crippen LogP contribution in [-0.2, 0) is 16.6 Å². The van der Waals surface area contributed by atoms with Crippen LogP contribution in [0.4, 0.5) is 4.39 Å². The Labute approximate surface area is 112 Å². The van der Waals surface area contributed by atoms with Crippen molar-refractivity contribution in [1.82, 2.24) is 4.72 Å². The Morgan fingerprint density at radius 3 is 2.16 bits per heavy atom. The summed E-state index contributed by atoms with van der Waals surface area (Å²) in [6, 6.07) is 12.3. The van der Waals surface area contributed by atoms with Gasteiger partial charge in [0, 0.05) is 6.54 Å². The van der Waals surface area contributed by atoms with Gasteiger partial charge in [0.15, 0.2) is 0 Å². The van der Waals surface area contributed by atoms with E-state index in [0.717, 1.165) is 5.56 Å². The smallest absolute Gasteiger partial charge is 0.207 e. The van der Waals surface area contributed by atoms with Crippen molar-refractivity contribution in [3.63, 3.8) is 0 Å². The molecule has 19 heavy (non-hydrogen) atoms. The van der Waals surface area contributed by atoms with E-state index in [0.29, 0.717) is 5.56 Å². The lowest BCUT2D eigenvalue weighted by molar-refractivity contribution is 0.581. The monoisotopic (exact) mass is 279 g/mol. The molecule has 100 valence electrons. The molecule has 3 nitrogen and oxygen atoms in total. The third kappa shape index (κ3) is 3.62. The van der Waals surface area contributed by atoms with Crippen LogP contribution in [0.25, 0.3) is 0 Å². The Balaban J connectivity index is 2.09. The Bertz CT molecular complexity index is 649. The fraction of sp³-hybridized carbons (Fsp3) is 0.143. The highest BCUT2D eigenvalue weighted by molar-refractivity contribution is 7.89. The number of benzene rings is 2. The number of aryl methyl sites for hydroxylation is 1. The Morgan fingerprint density at radius 2 is 1.58 bits per heavy atom. The summed E-state index contributed by atoms with van der Waals surface area (Å²) in [6.07, 6.45) is 0. The zero-order valence-corrected chi connectivity index (χ0v) is 11.2. The number of hydrogen-bond acceptors (Lipinski definition) is 2. The standard InChI is InChI=1S/C14H14FNO2S/c1-11-2-8-14(9-3-11)19(17,18)16-10-12-4-6-13(15)7-5-12/h2-9,16H,10H2,1H3. The van der Waals surface area contributed by atoms with E-state index in [1.807, 2.05) is 6.92 Å². The molecule has 2 rings (SSSR count). The van der Waals surface area contributed by atoms with Gasteiger partial charge in [-0.05, 0) is 36.8 Å². The van der Waals surface area contributed by atoms with E-state index in [9.17, 15) is 12.8 Å². The Hall–Kier alpha value is -1.72. The van der Waals surface area contributed by atoms with Crippen LogP contribution in [0.3, 0.4) is 0 Å². The third-order valence-corrected chi connectivity index (χ3v) is 4.13. The Kier molecular flexibility index (Phi) is 3.97. The highest BCUT2D eigenvalue weighted by atomic mass is 32.2. The van der Waals surface area contributed by atoms with Gasteiger partial charge in [0.25, 0.3) is 0 Å². The van der Waals surface area contributed by atoms with E-state index < -0.39 is 10.0 Å². The first-order valence-corrected chi connectivity index (χ1v) is 7.26. The number of rotatable bonds is 4. The van der Waals surface area contributed by atoms with Gasteiger partial charge in [-0.25, -0.2) is 17.5 Å². The predicted octanol–water partition coefficient (Wildman–Crippen LogP) is 2.61. The van der Waals surface area contributed by atoms with Crippen LogP contribution in [0.15, 0.2) is 53.4 Å². The minimum Gasteiger partial charge on any atom is -0.207 e. The minimum atomic E-state index is -3.53. The number of sulfonamides is 1. The lowest BCUT2D eigenvalue weighted by Gasteiger charge is -2.07. The topological polar surface area (TPSA) is 46.2 Å². The van der Waals surface area contributed by atoms with Crippen molar-refractivity contribution < 1.29 is 12.8 Å². The summed E-state index contributed by atoms with van der Waals surface area (Å²) >= 11 is 0. The Morgan fingerprint density at radius 1 is 1.00 bits per heavy atom. The molecular formula is C14H14FNO2S. The minimum absolute atomic E-state index is 0.135. The molecule has 0 saturated heterocycles. The van der Waals surface area contributed by atoms with E-state index in [4.69, 9.17) is 0 Å². The molecule has 0 bridgehead atoms. The first-order valence-electron chi connectivity index (χ1n) is 5.78. The maximum Gasteiger partial charge on any atom is 0.240 e. The summed E-state index contributed by atoms with van der Waals surface area (Å²) in [5.74, 6) is -0.342. The van der Waals surface area contributed by atoms with Gasteiger partial charge in [0.05, 0.1) is 4.90 Å². The second-order valence-corrected chi connectivity index (χ2v) is 6.03. The maximum absolute atomic E-state index is 12.7. The largest absolute Gasteiger partial charge is 0.240 e. The SMILES string of the molecule is Cc1ccc(S(=O)(=O)NCc2ccc(F)cc2)cc1. The van der Waals surface area contributed by atoms with Crippen molar-refractivity contribution in [1.29, 1.82) is 0 Å². The van der Waals surface area contributed by atoms with Gasteiger partial charge in [0.1, 0.15) is 5.82 Å². The number of halogens is 1. The van der Waals surface area contributed by atoms with Crippen LogP contribution in [0.2, 0.25) is 0 Å². The molecule has 0 aliphatic carbocycles. The molecule has 2 aromatic carbocycles. The van der Waals surface area contributed by atoms with E-state index in [2.05, 4.69) is 4.72 Å². The van der Waals surface area contributed by atoms with Crippen LogP contribution in [0, 0.1) is 12.7 Å². The van der Waals surface area contributed by atoms with Crippen LogP contribution < -0.4 is 4.72 Å². The normalized spacial score (nSPS) is 11.5. The number of hydrogen-bond donors (Lipinski definition) is 1. The molecule has 0 aliphatic heterocycles. The molecule has 2 aromatic rings. The van der Waals surface area contributed by atoms with Gasteiger partial charge in [0.2, 0.25) is 10.0 Å². The molecule has 0 amide bonds.